The Bertz CT molecular complexity index is 542. The molecule has 2 heterocycles. The molecule has 0 saturated heterocycles. The number of aliphatic hydroxyl groups excluding tert-OH is 2. The van der Waals surface area contributed by atoms with Crippen LogP contribution in [0.15, 0.2) is 6.33 Å². The van der Waals surface area contributed by atoms with Crippen LogP contribution in [0.1, 0.15) is 5.69 Å². The number of anilines is 1. The van der Waals surface area contributed by atoms with Crippen LogP contribution in [0, 0.1) is 0 Å². The lowest BCUT2D eigenvalue weighted by molar-refractivity contribution is -0.000550. The van der Waals surface area contributed by atoms with Gasteiger partial charge in [0.05, 0.1) is 30.9 Å². The van der Waals surface area contributed by atoms with Gasteiger partial charge in [0.25, 0.3) is 0 Å². The lowest BCUT2D eigenvalue weighted by atomic mass is 10.3. The fourth-order valence-corrected chi connectivity index (χ4v) is 1.69. The molecule has 0 aliphatic heterocycles. The Hall–Kier alpha value is -1.77. The molecule has 0 aliphatic carbocycles. The van der Waals surface area contributed by atoms with Gasteiger partial charge in [-0.3, -0.25) is 5.10 Å². The van der Waals surface area contributed by atoms with Crippen molar-refractivity contribution < 1.29 is 14.9 Å². The first-order valence-electron chi connectivity index (χ1n) is 5.85. The molecule has 0 unspecified atom stereocenters. The highest BCUT2D eigenvalue weighted by molar-refractivity contribution is 5.88. The summed E-state index contributed by atoms with van der Waals surface area (Å²) >= 11 is 0. The average Bonchev–Trinajstić information content (AvgIpc) is 2.81. The third-order valence-electron chi connectivity index (χ3n) is 2.60. The molecule has 3 N–H and O–H groups in total. The smallest absolute Gasteiger partial charge is 0.186 e. The summed E-state index contributed by atoms with van der Waals surface area (Å²) in [6, 6.07) is 0. The van der Waals surface area contributed by atoms with Crippen LogP contribution in [0.25, 0.3) is 11.0 Å². The molecule has 1 atom stereocenters. The second-order valence-electron chi connectivity index (χ2n) is 4.34. The lowest BCUT2D eigenvalue weighted by Crippen LogP contribution is -2.19. The minimum Gasteiger partial charge on any atom is -0.394 e. The third kappa shape index (κ3) is 2.98. The van der Waals surface area contributed by atoms with Crippen molar-refractivity contribution in [1.82, 2.24) is 20.2 Å². The maximum absolute atomic E-state index is 9.21. The Morgan fingerprint density at radius 2 is 2.21 bits per heavy atom. The Labute approximate surface area is 110 Å². The van der Waals surface area contributed by atoms with Crippen molar-refractivity contribution in [3.63, 3.8) is 0 Å². The van der Waals surface area contributed by atoms with E-state index in [0.717, 1.165) is 16.9 Å². The summed E-state index contributed by atoms with van der Waals surface area (Å²) in [6.07, 6.45) is 0.581. The molecule has 19 heavy (non-hydrogen) atoms. The fraction of sp³-hybridized carbons (Fsp3) is 0.545. The van der Waals surface area contributed by atoms with Crippen LogP contribution in [0.4, 0.5) is 5.82 Å². The van der Waals surface area contributed by atoms with E-state index in [-0.39, 0.29) is 19.8 Å². The molecule has 0 aliphatic rings. The summed E-state index contributed by atoms with van der Waals surface area (Å²) in [5.74, 6) is 0.750. The van der Waals surface area contributed by atoms with Crippen LogP contribution in [0.5, 0.6) is 0 Å². The van der Waals surface area contributed by atoms with E-state index in [1.165, 1.54) is 6.33 Å². The van der Waals surface area contributed by atoms with Gasteiger partial charge in [0.1, 0.15) is 18.2 Å². The number of hydrogen-bond donors (Lipinski definition) is 3. The number of ether oxygens (including phenoxy) is 1. The molecule has 2 aromatic rings. The summed E-state index contributed by atoms with van der Waals surface area (Å²) in [7, 11) is 3.77. The third-order valence-corrected chi connectivity index (χ3v) is 2.60. The first kappa shape index (κ1) is 13.7. The minimum absolute atomic E-state index is 0.0575. The van der Waals surface area contributed by atoms with Gasteiger partial charge in [-0.15, -0.1) is 0 Å². The van der Waals surface area contributed by atoms with Gasteiger partial charge in [0.2, 0.25) is 0 Å². The van der Waals surface area contributed by atoms with Crippen LogP contribution in [-0.2, 0) is 11.3 Å². The summed E-state index contributed by atoms with van der Waals surface area (Å²) in [5, 5.41) is 25.6. The topological polar surface area (TPSA) is 107 Å². The van der Waals surface area contributed by atoms with Crippen molar-refractivity contribution in [2.75, 3.05) is 32.2 Å². The van der Waals surface area contributed by atoms with E-state index in [0.29, 0.717) is 5.65 Å². The van der Waals surface area contributed by atoms with Gasteiger partial charge in [-0.25, -0.2) is 9.97 Å². The zero-order valence-electron chi connectivity index (χ0n) is 10.9. The normalized spacial score (nSPS) is 12.8. The predicted octanol–water partition coefficient (Wildman–Crippen LogP) is -0.711. The van der Waals surface area contributed by atoms with E-state index in [1.807, 2.05) is 19.0 Å². The number of rotatable bonds is 6. The van der Waals surface area contributed by atoms with E-state index in [4.69, 9.17) is 9.84 Å². The summed E-state index contributed by atoms with van der Waals surface area (Å²) in [4.78, 5) is 10.2. The number of hydrogen-bond acceptors (Lipinski definition) is 7. The monoisotopic (exact) mass is 267 g/mol. The number of aromatic nitrogens is 4. The second kappa shape index (κ2) is 5.91. The van der Waals surface area contributed by atoms with Gasteiger partial charge in [0, 0.05) is 14.1 Å². The maximum atomic E-state index is 9.21. The van der Waals surface area contributed by atoms with Gasteiger partial charge in [0.15, 0.2) is 5.65 Å². The van der Waals surface area contributed by atoms with Crippen LogP contribution in [0.2, 0.25) is 0 Å². The Morgan fingerprint density at radius 1 is 1.42 bits per heavy atom. The van der Waals surface area contributed by atoms with Gasteiger partial charge in [-0.1, -0.05) is 0 Å². The van der Waals surface area contributed by atoms with Crippen molar-refractivity contribution in [3.8, 4) is 0 Å². The molecule has 0 spiro atoms. The van der Waals surface area contributed by atoms with Crippen LogP contribution in [0.3, 0.4) is 0 Å². The molecule has 0 bridgehead atoms. The van der Waals surface area contributed by atoms with Crippen molar-refractivity contribution in [2.45, 2.75) is 12.7 Å². The number of aromatic amines is 1. The van der Waals surface area contributed by atoms with E-state index >= 15 is 0 Å². The first-order chi connectivity index (χ1) is 9.13. The molecule has 0 saturated carbocycles. The van der Waals surface area contributed by atoms with E-state index in [1.54, 1.807) is 0 Å². The Morgan fingerprint density at radius 3 is 2.89 bits per heavy atom. The molecule has 2 rings (SSSR count). The molecule has 0 amide bonds. The number of fused-ring (bicyclic) bond motifs is 1. The molecule has 8 heteroatoms. The fourth-order valence-electron chi connectivity index (χ4n) is 1.69. The molecular weight excluding hydrogens is 250 g/mol. The Balaban J connectivity index is 2.19. The molecule has 0 radical (unpaired) electrons. The molecule has 0 fully saturated rings. The lowest BCUT2D eigenvalue weighted by Gasteiger charge is -2.12. The van der Waals surface area contributed by atoms with Gasteiger partial charge >= 0.3 is 0 Å². The summed E-state index contributed by atoms with van der Waals surface area (Å²) in [6.45, 7) is -0.0282. The first-order valence-corrected chi connectivity index (χ1v) is 5.85. The summed E-state index contributed by atoms with van der Waals surface area (Å²) < 4.78 is 5.32. The number of H-pyrrole nitrogens is 1. The van der Waals surface area contributed by atoms with E-state index in [9.17, 15) is 5.11 Å². The predicted molar refractivity (Wildman–Crippen MR) is 68.8 cm³/mol. The number of nitrogens with zero attached hydrogens (tertiary/aromatic N) is 4. The Kier molecular flexibility index (Phi) is 4.25. The average molecular weight is 267 g/mol. The minimum atomic E-state index is -0.876. The van der Waals surface area contributed by atoms with Gasteiger partial charge in [-0.05, 0) is 0 Å². The van der Waals surface area contributed by atoms with Crippen molar-refractivity contribution >= 4 is 16.9 Å². The van der Waals surface area contributed by atoms with Gasteiger partial charge in [-0.2, -0.15) is 5.10 Å². The standard InChI is InChI=1S/C11H17N5O3/c1-16(2)11-9-8(5-19-4-7(18)3-17)14-15-10(9)12-6-13-11/h6-7,17-18H,3-5H2,1-2H3,(H,12,13,14,15)/t7-/m0/s1. The quantitative estimate of drug-likeness (QED) is 0.634. The molecule has 0 aromatic carbocycles. The van der Waals surface area contributed by atoms with Gasteiger partial charge < -0.3 is 19.8 Å². The van der Waals surface area contributed by atoms with Crippen LogP contribution >= 0.6 is 0 Å². The molecule has 8 nitrogen and oxygen atoms in total. The highest BCUT2D eigenvalue weighted by atomic mass is 16.5. The largest absolute Gasteiger partial charge is 0.394 e. The molecule has 2 aromatic heterocycles. The van der Waals surface area contributed by atoms with Crippen LogP contribution < -0.4 is 4.90 Å². The summed E-state index contributed by atoms with van der Waals surface area (Å²) in [5.41, 5.74) is 1.31. The molecular formula is C11H17N5O3. The van der Waals surface area contributed by atoms with Crippen molar-refractivity contribution in [3.05, 3.63) is 12.0 Å². The second-order valence-corrected chi connectivity index (χ2v) is 4.34. The SMILES string of the molecule is CN(C)c1ncnc2n[nH]c(COC[C@@H](O)CO)c12. The maximum Gasteiger partial charge on any atom is 0.186 e. The number of nitrogens with one attached hydrogen (secondary N) is 1. The highest BCUT2D eigenvalue weighted by Crippen LogP contribution is 2.23. The van der Waals surface area contributed by atoms with E-state index < -0.39 is 6.10 Å². The van der Waals surface area contributed by atoms with Crippen LogP contribution in [-0.4, -0.2) is 63.8 Å². The van der Waals surface area contributed by atoms with E-state index in [2.05, 4.69) is 20.2 Å². The van der Waals surface area contributed by atoms with Crippen molar-refractivity contribution in [2.24, 2.45) is 0 Å². The molecule has 104 valence electrons. The zero-order chi connectivity index (χ0) is 13.8. The highest BCUT2D eigenvalue weighted by Gasteiger charge is 2.14. The van der Waals surface area contributed by atoms with Crippen molar-refractivity contribution in [1.29, 1.82) is 0 Å². The zero-order valence-corrected chi connectivity index (χ0v) is 10.9. The number of aliphatic hydroxyl groups is 2.